The van der Waals surface area contributed by atoms with Crippen LogP contribution >= 0.6 is 0 Å². The van der Waals surface area contributed by atoms with Gasteiger partial charge in [-0.15, -0.1) is 0 Å². The van der Waals surface area contributed by atoms with Crippen LogP contribution in [0.2, 0.25) is 0 Å². The first-order valence-corrected chi connectivity index (χ1v) is 7.63. The summed E-state index contributed by atoms with van der Waals surface area (Å²) < 4.78 is 10.7. The number of aliphatic hydroxyl groups excluding tert-OH is 1. The molecule has 0 bridgehead atoms. The molecule has 0 aromatic rings. The van der Waals surface area contributed by atoms with E-state index < -0.39 is 6.10 Å². The first-order chi connectivity index (χ1) is 9.13. The Bertz CT molecular complexity index is 190. The molecule has 3 atom stereocenters. The second-order valence-corrected chi connectivity index (χ2v) is 5.31. The monoisotopic (exact) mass is 275 g/mol. The van der Waals surface area contributed by atoms with E-state index in [0.717, 1.165) is 19.6 Å². The minimum Gasteiger partial charge on any atom is -0.389 e. The molecule has 0 saturated heterocycles. The third kappa shape index (κ3) is 11.4. The van der Waals surface area contributed by atoms with Crippen LogP contribution < -0.4 is 5.32 Å². The quantitative estimate of drug-likeness (QED) is 0.541. The SMILES string of the molecule is CCCCC(CC)COCC(O)CNCC(C)OC. The third-order valence-corrected chi connectivity index (χ3v) is 3.42. The molecule has 0 aliphatic heterocycles. The van der Waals surface area contributed by atoms with Crippen molar-refractivity contribution in [2.45, 2.75) is 58.7 Å². The van der Waals surface area contributed by atoms with Gasteiger partial charge in [-0.05, 0) is 19.3 Å². The summed E-state index contributed by atoms with van der Waals surface area (Å²) in [4.78, 5) is 0. The molecule has 0 amide bonds. The number of aliphatic hydroxyl groups is 1. The number of hydrogen-bond donors (Lipinski definition) is 2. The van der Waals surface area contributed by atoms with Crippen molar-refractivity contribution in [1.29, 1.82) is 0 Å². The Morgan fingerprint density at radius 3 is 2.47 bits per heavy atom. The van der Waals surface area contributed by atoms with Crippen LogP contribution in [-0.2, 0) is 9.47 Å². The zero-order chi connectivity index (χ0) is 14.5. The molecule has 19 heavy (non-hydrogen) atoms. The highest BCUT2D eigenvalue weighted by Gasteiger charge is 2.09. The Hall–Kier alpha value is -0.160. The Kier molecular flexibility index (Phi) is 12.7. The van der Waals surface area contributed by atoms with Gasteiger partial charge in [0.2, 0.25) is 0 Å². The Labute approximate surface area is 118 Å². The molecule has 0 rings (SSSR count). The lowest BCUT2D eigenvalue weighted by Gasteiger charge is -2.18. The van der Waals surface area contributed by atoms with Crippen LogP contribution in [0.25, 0.3) is 0 Å². The summed E-state index contributed by atoms with van der Waals surface area (Å²) >= 11 is 0. The molecule has 0 fully saturated rings. The summed E-state index contributed by atoms with van der Waals surface area (Å²) in [6.45, 7) is 8.90. The maximum atomic E-state index is 9.77. The van der Waals surface area contributed by atoms with Crippen molar-refractivity contribution in [2.24, 2.45) is 5.92 Å². The number of methoxy groups -OCH3 is 1. The molecule has 3 unspecified atom stereocenters. The molecule has 4 heteroatoms. The number of unbranched alkanes of at least 4 members (excludes halogenated alkanes) is 1. The Morgan fingerprint density at radius 2 is 1.89 bits per heavy atom. The van der Waals surface area contributed by atoms with Crippen molar-refractivity contribution in [2.75, 3.05) is 33.4 Å². The van der Waals surface area contributed by atoms with Crippen molar-refractivity contribution in [3.05, 3.63) is 0 Å². The van der Waals surface area contributed by atoms with E-state index >= 15 is 0 Å². The average molecular weight is 275 g/mol. The zero-order valence-electron chi connectivity index (χ0n) is 13.2. The van der Waals surface area contributed by atoms with Gasteiger partial charge in [0.05, 0.1) is 18.8 Å². The van der Waals surface area contributed by atoms with Gasteiger partial charge in [-0.1, -0.05) is 33.1 Å². The maximum Gasteiger partial charge on any atom is 0.0897 e. The van der Waals surface area contributed by atoms with Crippen LogP contribution in [0.1, 0.15) is 46.5 Å². The standard InChI is InChI=1S/C15H33NO3/c1-5-7-8-14(6-2)11-19-12-15(17)10-16-9-13(3)18-4/h13-17H,5-12H2,1-4H3. The Balaban J connectivity index is 3.52. The van der Waals surface area contributed by atoms with E-state index in [2.05, 4.69) is 19.2 Å². The largest absolute Gasteiger partial charge is 0.389 e. The van der Waals surface area contributed by atoms with Crippen LogP contribution in [0.3, 0.4) is 0 Å². The normalized spacial score (nSPS) is 16.3. The topological polar surface area (TPSA) is 50.7 Å². The molecule has 0 spiro atoms. The molecular weight excluding hydrogens is 242 g/mol. The van der Waals surface area contributed by atoms with Crippen LogP contribution in [0.5, 0.6) is 0 Å². The van der Waals surface area contributed by atoms with Gasteiger partial charge in [-0.2, -0.15) is 0 Å². The van der Waals surface area contributed by atoms with Crippen LogP contribution in [0.15, 0.2) is 0 Å². The summed E-state index contributed by atoms with van der Waals surface area (Å²) in [6, 6.07) is 0. The van der Waals surface area contributed by atoms with E-state index in [9.17, 15) is 5.11 Å². The maximum absolute atomic E-state index is 9.77. The average Bonchev–Trinajstić information content (AvgIpc) is 2.42. The molecule has 0 aromatic carbocycles. The second-order valence-electron chi connectivity index (χ2n) is 5.31. The van der Waals surface area contributed by atoms with Gasteiger partial charge >= 0.3 is 0 Å². The third-order valence-electron chi connectivity index (χ3n) is 3.42. The molecule has 0 aromatic heterocycles. The fraction of sp³-hybridized carbons (Fsp3) is 1.00. The van der Waals surface area contributed by atoms with E-state index in [1.54, 1.807) is 7.11 Å². The van der Waals surface area contributed by atoms with Gasteiger partial charge in [0.25, 0.3) is 0 Å². The minimum absolute atomic E-state index is 0.173. The minimum atomic E-state index is -0.437. The molecular formula is C15H33NO3. The van der Waals surface area contributed by atoms with E-state index in [4.69, 9.17) is 9.47 Å². The van der Waals surface area contributed by atoms with Gasteiger partial charge < -0.3 is 19.9 Å². The predicted molar refractivity (Wildman–Crippen MR) is 79.5 cm³/mol. The van der Waals surface area contributed by atoms with Gasteiger partial charge in [-0.3, -0.25) is 0 Å². The van der Waals surface area contributed by atoms with Crippen LogP contribution in [-0.4, -0.2) is 50.7 Å². The number of ether oxygens (including phenoxy) is 2. The molecule has 0 radical (unpaired) electrons. The fourth-order valence-electron chi connectivity index (χ4n) is 1.86. The molecule has 0 heterocycles. The summed E-state index contributed by atoms with van der Waals surface area (Å²) in [5, 5.41) is 12.9. The van der Waals surface area contributed by atoms with E-state index in [0.29, 0.717) is 19.1 Å². The Morgan fingerprint density at radius 1 is 1.16 bits per heavy atom. The highest BCUT2D eigenvalue weighted by Crippen LogP contribution is 2.12. The lowest BCUT2D eigenvalue weighted by molar-refractivity contribution is 0.0176. The molecule has 4 nitrogen and oxygen atoms in total. The van der Waals surface area contributed by atoms with Crippen LogP contribution in [0, 0.1) is 5.92 Å². The summed E-state index contributed by atoms with van der Waals surface area (Å²) in [5.41, 5.74) is 0. The zero-order valence-corrected chi connectivity index (χ0v) is 13.2. The van der Waals surface area contributed by atoms with Gasteiger partial charge in [-0.25, -0.2) is 0 Å². The molecule has 0 saturated carbocycles. The van der Waals surface area contributed by atoms with Gasteiger partial charge in [0, 0.05) is 26.8 Å². The summed E-state index contributed by atoms with van der Waals surface area (Å²) in [5.74, 6) is 0.633. The molecule has 2 N–H and O–H groups in total. The van der Waals surface area contributed by atoms with E-state index in [1.165, 1.54) is 19.3 Å². The summed E-state index contributed by atoms with van der Waals surface area (Å²) in [7, 11) is 1.69. The van der Waals surface area contributed by atoms with E-state index in [1.807, 2.05) is 6.92 Å². The highest BCUT2D eigenvalue weighted by atomic mass is 16.5. The smallest absolute Gasteiger partial charge is 0.0897 e. The van der Waals surface area contributed by atoms with Gasteiger partial charge in [0.15, 0.2) is 0 Å². The lowest BCUT2D eigenvalue weighted by atomic mass is 10.0. The van der Waals surface area contributed by atoms with Gasteiger partial charge in [0.1, 0.15) is 0 Å². The highest BCUT2D eigenvalue weighted by molar-refractivity contribution is 4.62. The summed E-state index contributed by atoms with van der Waals surface area (Å²) in [6.07, 6.45) is 4.62. The van der Waals surface area contributed by atoms with Crippen molar-refractivity contribution in [3.63, 3.8) is 0 Å². The predicted octanol–water partition coefficient (Wildman–Crippen LogP) is 2.20. The van der Waals surface area contributed by atoms with Crippen molar-refractivity contribution in [1.82, 2.24) is 5.32 Å². The number of nitrogens with one attached hydrogen (secondary N) is 1. The molecule has 0 aliphatic rings. The number of rotatable bonds is 13. The first-order valence-electron chi connectivity index (χ1n) is 7.63. The lowest BCUT2D eigenvalue weighted by Crippen LogP contribution is -2.35. The molecule has 0 aliphatic carbocycles. The first kappa shape index (κ1) is 18.8. The molecule has 116 valence electrons. The van der Waals surface area contributed by atoms with E-state index in [-0.39, 0.29) is 6.10 Å². The second kappa shape index (κ2) is 12.9. The fourth-order valence-corrected chi connectivity index (χ4v) is 1.86. The number of hydrogen-bond acceptors (Lipinski definition) is 4. The van der Waals surface area contributed by atoms with Crippen LogP contribution in [0.4, 0.5) is 0 Å². The van der Waals surface area contributed by atoms with Crippen molar-refractivity contribution >= 4 is 0 Å². The van der Waals surface area contributed by atoms with Crippen molar-refractivity contribution in [3.8, 4) is 0 Å². The van der Waals surface area contributed by atoms with Crippen molar-refractivity contribution < 1.29 is 14.6 Å².